The first-order valence-electron chi connectivity index (χ1n) is 5.74. The summed E-state index contributed by atoms with van der Waals surface area (Å²) in [5.41, 5.74) is 15.3. The average Bonchev–Trinajstić information content (AvgIpc) is 2.40. The van der Waals surface area contributed by atoms with Crippen molar-refractivity contribution in [3.63, 3.8) is 0 Å². The summed E-state index contributed by atoms with van der Waals surface area (Å²) < 4.78 is 0. The van der Waals surface area contributed by atoms with Crippen LogP contribution >= 0.6 is 0 Å². The van der Waals surface area contributed by atoms with Gasteiger partial charge in [-0.1, -0.05) is 6.08 Å². The Hall–Kier alpha value is -2.20. The summed E-state index contributed by atoms with van der Waals surface area (Å²) in [6.45, 7) is 3.68. The molecule has 0 unspecified atom stereocenters. The van der Waals surface area contributed by atoms with E-state index in [2.05, 4.69) is 16.5 Å². The maximum Gasteiger partial charge on any atom is 0.0580 e. The molecule has 0 aliphatic carbocycles. The fraction of sp³-hybridized carbons (Fsp3) is 0.143. The van der Waals surface area contributed by atoms with Crippen molar-refractivity contribution in [1.82, 2.24) is 9.97 Å². The molecule has 92 valence electrons. The number of hydrogen-bond donors (Lipinski definition) is 2. The Labute approximate surface area is 106 Å². The van der Waals surface area contributed by atoms with Crippen LogP contribution in [-0.4, -0.2) is 9.97 Å². The molecule has 0 aliphatic rings. The zero-order valence-electron chi connectivity index (χ0n) is 10.1. The second-order valence-corrected chi connectivity index (χ2v) is 4.06. The Bertz CT molecular complexity index is 551. The van der Waals surface area contributed by atoms with Gasteiger partial charge in [0.15, 0.2) is 0 Å². The van der Waals surface area contributed by atoms with Gasteiger partial charge in [-0.25, -0.2) is 0 Å². The third-order valence-electron chi connectivity index (χ3n) is 2.74. The van der Waals surface area contributed by atoms with Crippen LogP contribution < -0.4 is 11.5 Å². The fourth-order valence-corrected chi connectivity index (χ4v) is 1.79. The molecule has 0 spiro atoms. The normalized spacial score (nSPS) is 12.1. The molecule has 2 aromatic rings. The summed E-state index contributed by atoms with van der Waals surface area (Å²) in [7, 11) is 0. The van der Waals surface area contributed by atoms with Crippen molar-refractivity contribution in [3.8, 4) is 11.1 Å². The van der Waals surface area contributed by atoms with Gasteiger partial charge in [0, 0.05) is 18.0 Å². The number of nitrogen functional groups attached to an aromatic ring is 1. The molecule has 0 bridgehead atoms. The van der Waals surface area contributed by atoms with Gasteiger partial charge in [0.25, 0.3) is 0 Å². The second-order valence-electron chi connectivity index (χ2n) is 4.06. The number of rotatable bonds is 4. The minimum Gasteiger partial charge on any atom is -0.397 e. The Morgan fingerprint density at radius 1 is 1.33 bits per heavy atom. The van der Waals surface area contributed by atoms with Crippen molar-refractivity contribution >= 4 is 5.69 Å². The summed E-state index contributed by atoms with van der Waals surface area (Å²) in [6.07, 6.45) is 7.59. The molecule has 0 saturated carbocycles. The predicted octanol–water partition coefficient (Wildman–Crippen LogP) is 2.30. The highest BCUT2D eigenvalue weighted by Crippen LogP contribution is 2.26. The van der Waals surface area contributed by atoms with E-state index in [0.717, 1.165) is 16.8 Å². The molecule has 0 aromatic carbocycles. The Morgan fingerprint density at radius 3 is 2.89 bits per heavy atom. The largest absolute Gasteiger partial charge is 0.397 e. The predicted molar refractivity (Wildman–Crippen MR) is 73.6 cm³/mol. The molecular weight excluding hydrogens is 224 g/mol. The van der Waals surface area contributed by atoms with Gasteiger partial charge in [-0.05, 0) is 30.2 Å². The van der Waals surface area contributed by atoms with E-state index in [1.165, 1.54) is 0 Å². The van der Waals surface area contributed by atoms with Crippen LogP contribution in [0.3, 0.4) is 0 Å². The zero-order valence-corrected chi connectivity index (χ0v) is 10.1. The highest BCUT2D eigenvalue weighted by atomic mass is 14.8. The molecule has 0 amide bonds. The van der Waals surface area contributed by atoms with Gasteiger partial charge in [-0.2, -0.15) is 0 Å². The van der Waals surface area contributed by atoms with Gasteiger partial charge >= 0.3 is 0 Å². The molecule has 4 N–H and O–H groups in total. The first-order chi connectivity index (χ1) is 8.72. The molecule has 2 rings (SSSR count). The monoisotopic (exact) mass is 240 g/mol. The topological polar surface area (TPSA) is 77.8 Å². The summed E-state index contributed by atoms with van der Waals surface area (Å²) in [5.74, 6) is 0. The van der Waals surface area contributed by atoms with E-state index in [1.807, 2.05) is 18.2 Å². The molecule has 0 saturated heterocycles. The standard InChI is InChI=1S/C14H16N4/c1-2-3-12(15)14-8-10(4-7-18-14)11-5-6-17-9-13(11)16/h2,4-9,12H,1,3,15-16H2/t12-/m0/s1. The van der Waals surface area contributed by atoms with Crippen LogP contribution in [-0.2, 0) is 0 Å². The Morgan fingerprint density at radius 2 is 2.17 bits per heavy atom. The third-order valence-corrected chi connectivity index (χ3v) is 2.74. The highest BCUT2D eigenvalue weighted by molar-refractivity contribution is 5.75. The molecule has 18 heavy (non-hydrogen) atoms. The van der Waals surface area contributed by atoms with Crippen LogP contribution in [0.5, 0.6) is 0 Å². The highest BCUT2D eigenvalue weighted by Gasteiger charge is 2.08. The zero-order chi connectivity index (χ0) is 13.0. The quantitative estimate of drug-likeness (QED) is 0.804. The first-order valence-corrected chi connectivity index (χ1v) is 5.74. The molecule has 2 aromatic heterocycles. The maximum absolute atomic E-state index is 6.01. The summed E-state index contributed by atoms with van der Waals surface area (Å²) >= 11 is 0. The molecule has 0 fully saturated rings. The number of aromatic nitrogens is 2. The number of nitrogens with two attached hydrogens (primary N) is 2. The average molecular weight is 240 g/mol. The van der Waals surface area contributed by atoms with Crippen molar-refractivity contribution < 1.29 is 0 Å². The van der Waals surface area contributed by atoms with Crippen LogP contribution in [0.2, 0.25) is 0 Å². The van der Waals surface area contributed by atoms with Gasteiger partial charge in [0.05, 0.1) is 23.6 Å². The minimum absolute atomic E-state index is 0.134. The Kier molecular flexibility index (Phi) is 3.69. The first kappa shape index (κ1) is 12.3. The molecular formula is C14H16N4. The lowest BCUT2D eigenvalue weighted by molar-refractivity contribution is 0.714. The lowest BCUT2D eigenvalue weighted by Gasteiger charge is -2.11. The summed E-state index contributed by atoms with van der Waals surface area (Å²) in [4.78, 5) is 8.26. The number of nitrogens with zero attached hydrogens (tertiary/aromatic N) is 2. The van der Waals surface area contributed by atoms with Crippen LogP contribution in [0.15, 0.2) is 49.4 Å². The van der Waals surface area contributed by atoms with E-state index >= 15 is 0 Å². The van der Waals surface area contributed by atoms with E-state index in [0.29, 0.717) is 12.1 Å². The molecule has 4 heteroatoms. The molecule has 4 nitrogen and oxygen atoms in total. The lowest BCUT2D eigenvalue weighted by Crippen LogP contribution is -2.10. The minimum atomic E-state index is -0.134. The SMILES string of the molecule is C=CC[C@H](N)c1cc(-c2ccncc2N)ccn1. The van der Waals surface area contributed by atoms with E-state index in [9.17, 15) is 0 Å². The van der Waals surface area contributed by atoms with Crippen LogP contribution in [0.4, 0.5) is 5.69 Å². The van der Waals surface area contributed by atoms with E-state index < -0.39 is 0 Å². The van der Waals surface area contributed by atoms with Gasteiger partial charge < -0.3 is 11.5 Å². The summed E-state index contributed by atoms with van der Waals surface area (Å²) in [6, 6.07) is 5.62. The number of anilines is 1. The second kappa shape index (κ2) is 5.42. The van der Waals surface area contributed by atoms with E-state index in [-0.39, 0.29) is 6.04 Å². The van der Waals surface area contributed by atoms with E-state index in [4.69, 9.17) is 11.5 Å². The molecule has 0 aliphatic heterocycles. The van der Waals surface area contributed by atoms with Gasteiger partial charge in [0.1, 0.15) is 0 Å². The van der Waals surface area contributed by atoms with Gasteiger partial charge in [-0.3, -0.25) is 9.97 Å². The van der Waals surface area contributed by atoms with Crippen LogP contribution in [0.25, 0.3) is 11.1 Å². The van der Waals surface area contributed by atoms with Crippen LogP contribution in [0, 0.1) is 0 Å². The maximum atomic E-state index is 6.01. The molecule has 2 heterocycles. The molecule has 0 radical (unpaired) electrons. The smallest absolute Gasteiger partial charge is 0.0580 e. The lowest BCUT2D eigenvalue weighted by atomic mass is 10.0. The van der Waals surface area contributed by atoms with Crippen LogP contribution in [0.1, 0.15) is 18.2 Å². The van der Waals surface area contributed by atoms with Gasteiger partial charge in [0.2, 0.25) is 0 Å². The van der Waals surface area contributed by atoms with Crippen molar-refractivity contribution in [2.45, 2.75) is 12.5 Å². The van der Waals surface area contributed by atoms with Crippen molar-refractivity contribution in [1.29, 1.82) is 0 Å². The third kappa shape index (κ3) is 2.55. The molecule has 1 atom stereocenters. The fourth-order valence-electron chi connectivity index (χ4n) is 1.79. The number of hydrogen-bond acceptors (Lipinski definition) is 4. The number of pyridine rings is 2. The van der Waals surface area contributed by atoms with Crippen molar-refractivity contribution in [3.05, 3.63) is 55.1 Å². The Balaban J connectivity index is 2.38. The van der Waals surface area contributed by atoms with Crippen molar-refractivity contribution in [2.75, 3.05) is 5.73 Å². The summed E-state index contributed by atoms with van der Waals surface area (Å²) in [5, 5.41) is 0. The van der Waals surface area contributed by atoms with E-state index in [1.54, 1.807) is 24.7 Å². The van der Waals surface area contributed by atoms with Crippen molar-refractivity contribution in [2.24, 2.45) is 5.73 Å². The van der Waals surface area contributed by atoms with Gasteiger partial charge in [-0.15, -0.1) is 6.58 Å².